The SMILES string of the molecule is COC(=O)C1=C(C)N(CCc2ccccc2)C(=O)C1=Cc1ccc(CNS(=O)(=O)c2ccc(Cl)cc2)o1. The summed E-state index contributed by atoms with van der Waals surface area (Å²) >= 11 is 5.83. The Kier molecular flexibility index (Phi) is 7.97. The molecule has 0 saturated heterocycles. The van der Waals surface area contributed by atoms with Crippen LogP contribution >= 0.6 is 11.6 Å². The van der Waals surface area contributed by atoms with Gasteiger partial charge in [0.25, 0.3) is 5.91 Å². The van der Waals surface area contributed by atoms with E-state index in [1.165, 1.54) is 37.5 Å². The average Bonchev–Trinajstić information content (AvgIpc) is 3.44. The van der Waals surface area contributed by atoms with E-state index >= 15 is 0 Å². The molecule has 3 aromatic rings. The van der Waals surface area contributed by atoms with Crippen LogP contribution in [0.3, 0.4) is 0 Å². The molecule has 1 amide bonds. The minimum Gasteiger partial charge on any atom is -0.465 e. The lowest BCUT2D eigenvalue weighted by Crippen LogP contribution is -2.27. The van der Waals surface area contributed by atoms with E-state index < -0.39 is 16.0 Å². The van der Waals surface area contributed by atoms with E-state index in [4.69, 9.17) is 20.8 Å². The van der Waals surface area contributed by atoms with Crippen LogP contribution < -0.4 is 4.72 Å². The third-order valence-corrected chi connectivity index (χ3v) is 7.57. The molecule has 0 bridgehead atoms. The number of esters is 1. The van der Waals surface area contributed by atoms with Crippen LogP contribution in [0.2, 0.25) is 5.02 Å². The van der Waals surface area contributed by atoms with Crippen LogP contribution in [0.1, 0.15) is 24.0 Å². The van der Waals surface area contributed by atoms with Crippen LogP contribution in [0.5, 0.6) is 0 Å². The number of amides is 1. The Hall–Kier alpha value is -3.66. The van der Waals surface area contributed by atoms with Gasteiger partial charge in [-0.2, -0.15) is 0 Å². The number of rotatable bonds is 9. The summed E-state index contributed by atoms with van der Waals surface area (Å²) in [7, 11) is -2.52. The maximum absolute atomic E-state index is 13.3. The van der Waals surface area contributed by atoms with Crippen molar-refractivity contribution in [2.45, 2.75) is 24.8 Å². The number of nitrogens with zero attached hydrogens (tertiary/aromatic N) is 1. The van der Waals surface area contributed by atoms with Crippen molar-refractivity contribution in [2.24, 2.45) is 0 Å². The van der Waals surface area contributed by atoms with Gasteiger partial charge in [0.1, 0.15) is 11.5 Å². The zero-order valence-electron chi connectivity index (χ0n) is 20.2. The monoisotopic (exact) mass is 540 g/mol. The van der Waals surface area contributed by atoms with Crippen LogP contribution in [0.15, 0.2) is 92.9 Å². The van der Waals surface area contributed by atoms with E-state index in [9.17, 15) is 18.0 Å². The molecular weight excluding hydrogens is 516 g/mol. The largest absolute Gasteiger partial charge is 0.465 e. The molecule has 37 heavy (non-hydrogen) atoms. The molecular formula is C27H25ClN2O6S. The molecule has 1 N–H and O–H groups in total. The zero-order chi connectivity index (χ0) is 26.6. The molecule has 1 aliphatic rings. The molecule has 1 aromatic heterocycles. The molecule has 2 heterocycles. The fourth-order valence-corrected chi connectivity index (χ4v) is 5.07. The van der Waals surface area contributed by atoms with Gasteiger partial charge >= 0.3 is 5.97 Å². The molecule has 192 valence electrons. The Balaban J connectivity index is 1.52. The number of benzene rings is 2. The van der Waals surface area contributed by atoms with Gasteiger partial charge < -0.3 is 14.1 Å². The molecule has 0 atom stereocenters. The molecule has 10 heteroatoms. The Bertz CT molecular complexity index is 1470. The number of methoxy groups -OCH3 is 1. The molecule has 0 unspecified atom stereocenters. The van der Waals surface area contributed by atoms with E-state index in [0.29, 0.717) is 35.2 Å². The Morgan fingerprint density at radius 3 is 2.46 bits per heavy atom. The highest BCUT2D eigenvalue weighted by Crippen LogP contribution is 2.32. The fraction of sp³-hybridized carbons (Fsp3) is 0.185. The smallest absolute Gasteiger partial charge is 0.340 e. The van der Waals surface area contributed by atoms with Crippen molar-refractivity contribution >= 4 is 39.6 Å². The summed E-state index contributed by atoms with van der Waals surface area (Å²) in [5.74, 6) is -0.337. The Morgan fingerprint density at radius 1 is 1.08 bits per heavy atom. The first-order valence-corrected chi connectivity index (χ1v) is 13.3. The van der Waals surface area contributed by atoms with Gasteiger partial charge in [-0.05, 0) is 61.4 Å². The van der Waals surface area contributed by atoms with Gasteiger partial charge in [-0.15, -0.1) is 0 Å². The first kappa shape index (κ1) is 26.4. The Morgan fingerprint density at radius 2 is 1.78 bits per heavy atom. The van der Waals surface area contributed by atoms with Gasteiger partial charge in [-0.25, -0.2) is 17.9 Å². The normalized spacial score (nSPS) is 15.1. The van der Waals surface area contributed by atoms with E-state index in [-0.39, 0.29) is 28.5 Å². The second kappa shape index (κ2) is 11.2. The fourth-order valence-electron chi connectivity index (χ4n) is 3.96. The number of hydrogen-bond acceptors (Lipinski definition) is 6. The first-order valence-electron chi connectivity index (χ1n) is 11.4. The summed E-state index contributed by atoms with van der Waals surface area (Å²) < 4.78 is 38.2. The lowest BCUT2D eigenvalue weighted by Gasteiger charge is -2.17. The van der Waals surface area contributed by atoms with E-state index in [1.54, 1.807) is 24.0 Å². The number of sulfonamides is 1. The number of ether oxygens (including phenoxy) is 1. The van der Waals surface area contributed by atoms with Gasteiger partial charge in [-0.3, -0.25) is 4.79 Å². The highest BCUT2D eigenvalue weighted by atomic mass is 35.5. The van der Waals surface area contributed by atoms with Gasteiger partial charge in [0.05, 0.1) is 29.7 Å². The Labute approximate surface area is 220 Å². The molecule has 2 aromatic carbocycles. The van der Waals surface area contributed by atoms with Crippen LogP contribution in [0, 0.1) is 0 Å². The first-order chi connectivity index (χ1) is 17.7. The van der Waals surface area contributed by atoms with Crippen LogP contribution in [-0.4, -0.2) is 38.8 Å². The number of carbonyl (C=O) groups excluding carboxylic acids is 2. The van der Waals surface area contributed by atoms with E-state index in [0.717, 1.165) is 5.56 Å². The maximum Gasteiger partial charge on any atom is 0.340 e. The average molecular weight is 541 g/mol. The molecule has 0 aliphatic carbocycles. The summed E-state index contributed by atoms with van der Waals surface area (Å²) in [5, 5.41) is 0.429. The van der Waals surface area contributed by atoms with Crippen molar-refractivity contribution in [1.29, 1.82) is 0 Å². The molecule has 8 nitrogen and oxygen atoms in total. The van der Waals surface area contributed by atoms with Crippen LogP contribution in [0.25, 0.3) is 6.08 Å². The van der Waals surface area contributed by atoms with Gasteiger partial charge in [0, 0.05) is 17.3 Å². The zero-order valence-corrected chi connectivity index (χ0v) is 21.8. The summed E-state index contributed by atoms with van der Waals surface area (Å²) in [5.41, 5.74) is 1.89. The predicted molar refractivity (Wildman–Crippen MR) is 139 cm³/mol. The number of hydrogen-bond donors (Lipinski definition) is 1. The number of allylic oxidation sites excluding steroid dienone is 1. The summed E-state index contributed by atoms with van der Waals surface area (Å²) in [6, 6.07) is 18.7. The van der Waals surface area contributed by atoms with Crippen molar-refractivity contribution in [3.63, 3.8) is 0 Å². The second-order valence-corrected chi connectivity index (χ2v) is 10.5. The van der Waals surface area contributed by atoms with Crippen molar-refractivity contribution < 1.29 is 27.2 Å². The standard InChI is InChI=1S/C27H25ClN2O6S/c1-18-25(27(32)35-2)24(26(31)30(18)15-14-19-6-4-3-5-7-19)16-21-10-11-22(36-21)17-29-37(33,34)23-12-8-20(28)9-13-23/h3-13,16,29H,14-15,17H2,1-2H3. The molecule has 1 aliphatic heterocycles. The van der Waals surface area contributed by atoms with Crippen LogP contribution in [0.4, 0.5) is 0 Å². The second-order valence-electron chi connectivity index (χ2n) is 8.28. The predicted octanol–water partition coefficient (Wildman–Crippen LogP) is 4.33. The number of nitrogens with one attached hydrogen (secondary N) is 1. The summed E-state index contributed by atoms with van der Waals surface area (Å²) in [6.07, 6.45) is 2.09. The number of halogens is 1. The van der Waals surface area contributed by atoms with Gasteiger partial charge in [0.2, 0.25) is 10.0 Å². The van der Waals surface area contributed by atoms with E-state index in [2.05, 4.69) is 4.72 Å². The molecule has 0 radical (unpaired) electrons. The molecule has 0 spiro atoms. The molecule has 0 saturated carbocycles. The maximum atomic E-state index is 13.3. The van der Waals surface area contributed by atoms with E-state index in [1.807, 2.05) is 30.3 Å². The molecule has 0 fully saturated rings. The van der Waals surface area contributed by atoms with Crippen molar-refractivity contribution in [1.82, 2.24) is 9.62 Å². The lowest BCUT2D eigenvalue weighted by molar-refractivity contribution is -0.136. The minimum atomic E-state index is -3.78. The minimum absolute atomic E-state index is 0.0706. The molecule has 4 rings (SSSR count). The van der Waals surface area contributed by atoms with Crippen molar-refractivity contribution in [2.75, 3.05) is 13.7 Å². The van der Waals surface area contributed by atoms with Crippen molar-refractivity contribution in [3.8, 4) is 0 Å². The number of furan rings is 1. The number of carbonyl (C=O) groups is 2. The van der Waals surface area contributed by atoms with Gasteiger partial charge in [0.15, 0.2) is 0 Å². The van der Waals surface area contributed by atoms with Crippen molar-refractivity contribution in [3.05, 3.63) is 106 Å². The summed E-state index contributed by atoms with van der Waals surface area (Å²) in [4.78, 5) is 27.5. The van der Waals surface area contributed by atoms with Crippen LogP contribution in [-0.2, 0) is 37.3 Å². The summed E-state index contributed by atoms with van der Waals surface area (Å²) in [6.45, 7) is 1.99. The van der Waals surface area contributed by atoms with Gasteiger partial charge in [-0.1, -0.05) is 41.9 Å². The highest BCUT2D eigenvalue weighted by molar-refractivity contribution is 7.89. The quantitative estimate of drug-likeness (QED) is 0.320. The third kappa shape index (κ3) is 6.02. The highest BCUT2D eigenvalue weighted by Gasteiger charge is 2.37. The third-order valence-electron chi connectivity index (χ3n) is 5.90. The topological polar surface area (TPSA) is 106 Å². The lowest BCUT2D eigenvalue weighted by atomic mass is 10.1.